The van der Waals surface area contributed by atoms with Gasteiger partial charge in [0.05, 0.1) is 10.7 Å². The molecule has 23 heavy (non-hydrogen) atoms. The molecular weight excluding hydrogens is 317 g/mol. The summed E-state index contributed by atoms with van der Waals surface area (Å²) in [5, 5.41) is 0.431. The number of halogens is 2. The normalized spacial score (nSPS) is 20.8. The fraction of sp³-hybridized carbons (Fsp3) is 0.588. The summed E-state index contributed by atoms with van der Waals surface area (Å²) < 4.78 is 13.2. The van der Waals surface area contributed by atoms with Gasteiger partial charge in [-0.05, 0) is 51.2 Å². The zero-order chi connectivity index (χ0) is 16.4. The molecule has 0 spiro atoms. The van der Waals surface area contributed by atoms with Gasteiger partial charge < -0.3 is 14.7 Å². The lowest BCUT2D eigenvalue weighted by atomic mass is 9.95. The summed E-state index contributed by atoms with van der Waals surface area (Å²) in [7, 11) is 2.10. The van der Waals surface area contributed by atoms with E-state index in [1.165, 1.54) is 12.1 Å². The molecule has 0 unspecified atom stereocenters. The summed E-state index contributed by atoms with van der Waals surface area (Å²) in [6.45, 7) is 4.90. The highest BCUT2D eigenvalue weighted by Crippen LogP contribution is 2.28. The number of hydrogen-bond acceptors (Lipinski definition) is 3. The molecule has 4 nitrogen and oxygen atoms in total. The summed E-state index contributed by atoms with van der Waals surface area (Å²) in [4.78, 5) is 19.0. The molecule has 0 atom stereocenters. The second-order valence-electron chi connectivity index (χ2n) is 6.49. The lowest BCUT2D eigenvalue weighted by Crippen LogP contribution is -2.51. The molecule has 1 amide bonds. The van der Waals surface area contributed by atoms with Crippen LogP contribution in [0.2, 0.25) is 5.02 Å². The van der Waals surface area contributed by atoms with Crippen LogP contribution < -0.4 is 4.90 Å². The summed E-state index contributed by atoms with van der Waals surface area (Å²) >= 11 is 6.13. The number of carbonyl (C=O) groups is 1. The fourth-order valence-electron chi connectivity index (χ4n) is 3.42. The Labute approximate surface area is 141 Å². The number of amides is 1. The van der Waals surface area contributed by atoms with E-state index >= 15 is 0 Å². The minimum atomic E-state index is -0.324. The van der Waals surface area contributed by atoms with Gasteiger partial charge in [-0.3, -0.25) is 4.79 Å². The fourth-order valence-corrected chi connectivity index (χ4v) is 3.71. The number of hydrogen-bond donors (Lipinski definition) is 0. The van der Waals surface area contributed by atoms with Crippen molar-refractivity contribution in [1.82, 2.24) is 9.80 Å². The van der Waals surface area contributed by atoms with Crippen molar-refractivity contribution in [2.75, 3.05) is 51.2 Å². The standard InChI is InChI=1S/C17H23ClFN3O/c1-20-6-4-13(5-7-20)17(23)22-10-8-21(9-11-22)16-3-2-14(19)12-15(16)18/h2-3,12-13H,4-11H2,1H3. The van der Waals surface area contributed by atoms with Crippen LogP contribution in [-0.2, 0) is 4.79 Å². The van der Waals surface area contributed by atoms with Gasteiger partial charge in [0.15, 0.2) is 0 Å². The minimum absolute atomic E-state index is 0.173. The minimum Gasteiger partial charge on any atom is -0.367 e. The van der Waals surface area contributed by atoms with Crippen molar-refractivity contribution in [2.24, 2.45) is 5.92 Å². The van der Waals surface area contributed by atoms with Gasteiger partial charge in [0.25, 0.3) is 0 Å². The van der Waals surface area contributed by atoms with Crippen LogP contribution in [0.4, 0.5) is 10.1 Å². The predicted molar refractivity (Wildman–Crippen MR) is 90.4 cm³/mol. The van der Waals surface area contributed by atoms with Gasteiger partial charge in [0.1, 0.15) is 5.82 Å². The van der Waals surface area contributed by atoms with E-state index in [2.05, 4.69) is 16.8 Å². The molecule has 0 saturated carbocycles. The van der Waals surface area contributed by atoms with Crippen LogP contribution in [0.1, 0.15) is 12.8 Å². The van der Waals surface area contributed by atoms with Gasteiger partial charge >= 0.3 is 0 Å². The number of piperazine rings is 1. The molecule has 0 N–H and O–H groups in total. The maximum absolute atomic E-state index is 13.2. The van der Waals surface area contributed by atoms with E-state index in [1.807, 2.05) is 4.90 Å². The lowest BCUT2D eigenvalue weighted by Gasteiger charge is -2.39. The number of anilines is 1. The molecule has 0 aromatic heterocycles. The Kier molecular flexibility index (Phi) is 5.07. The number of carbonyl (C=O) groups excluding carboxylic acids is 1. The van der Waals surface area contributed by atoms with E-state index in [-0.39, 0.29) is 11.7 Å². The highest BCUT2D eigenvalue weighted by Gasteiger charge is 2.29. The van der Waals surface area contributed by atoms with Crippen molar-refractivity contribution in [1.29, 1.82) is 0 Å². The van der Waals surface area contributed by atoms with Crippen molar-refractivity contribution in [2.45, 2.75) is 12.8 Å². The first kappa shape index (κ1) is 16.5. The third-order valence-corrected chi connectivity index (χ3v) is 5.21. The van der Waals surface area contributed by atoms with Crippen molar-refractivity contribution in [3.63, 3.8) is 0 Å². The van der Waals surface area contributed by atoms with E-state index in [0.29, 0.717) is 24.0 Å². The van der Waals surface area contributed by atoms with E-state index in [0.717, 1.165) is 44.7 Å². The molecule has 6 heteroatoms. The Morgan fingerprint density at radius 1 is 1.13 bits per heavy atom. The smallest absolute Gasteiger partial charge is 0.225 e. The largest absolute Gasteiger partial charge is 0.367 e. The van der Waals surface area contributed by atoms with Gasteiger partial charge in [-0.25, -0.2) is 4.39 Å². The molecular formula is C17H23ClFN3O. The number of rotatable bonds is 2. The third kappa shape index (κ3) is 3.78. The number of benzene rings is 1. The van der Waals surface area contributed by atoms with Gasteiger partial charge in [-0.1, -0.05) is 11.6 Å². The Balaban J connectivity index is 1.56. The van der Waals surface area contributed by atoms with Crippen molar-refractivity contribution in [3.8, 4) is 0 Å². The lowest BCUT2D eigenvalue weighted by molar-refractivity contribution is -0.137. The van der Waals surface area contributed by atoms with Crippen molar-refractivity contribution in [3.05, 3.63) is 29.0 Å². The quantitative estimate of drug-likeness (QED) is 0.828. The molecule has 0 radical (unpaired) electrons. The maximum atomic E-state index is 13.2. The first-order valence-electron chi connectivity index (χ1n) is 8.22. The summed E-state index contributed by atoms with van der Waals surface area (Å²) in [6.07, 6.45) is 1.92. The first-order chi connectivity index (χ1) is 11.0. The molecule has 2 saturated heterocycles. The Morgan fingerprint density at radius 3 is 2.39 bits per heavy atom. The van der Waals surface area contributed by atoms with Gasteiger partial charge in [0, 0.05) is 32.1 Å². The highest BCUT2D eigenvalue weighted by atomic mass is 35.5. The molecule has 2 aliphatic heterocycles. The topological polar surface area (TPSA) is 26.8 Å². The van der Waals surface area contributed by atoms with Gasteiger partial charge in [-0.15, -0.1) is 0 Å². The molecule has 2 fully saturated rings. The van der Waals surface area contributed by atoms with E-state index in [1.54, 1.807) is 6.07 Å². The first-order valence-corrected chi connectivity index (χ1v) is 8.60. The summed E-state index contributed by atoms with van der Waals surface area (Å²) in [6, 6.07) is 4.48. The van der Waals surface area contributed by atoms with E-state index in [9.17, 15) is 9.18 Å². The van der Waals surface area contributed by atoms with Crippen LogP contribution in [0, 0.1) is 11.7 Å². The highest BCUT2D eigenvalue weighted by molar-refractivity contribution is 6.33. The molecule has 1 aromatic rings. The van der Waals surface area contributed by atoms with E-state index < -0.39 is 0 Å². The van der Waals surface area contributed by atoms with Crippen LogP contribution in [0.3, 0.4) is 0 Å². The SMILES string of the molecule is CN1CCC(C(=O)N2CCN(c3ccc(F)cc3Cl)CC2)CC1. The van der Waals surface area contributed by atoms with Crippen LogP contribution >= 0.6 is 11.6 Å². The summed E-state index contributed by atoms with van der Waals surface area (Å²) in [5.74, 6) is 0.143. The van der Waals surface area contributed by atoms with Crippen LogP contribution in [0.5, 0.6) is 0 Å². The molecule has 3 rings (SSSR count). The molecule has 0 aliphatic carbocycles. The van der Waals surface area contributed by atoms with Gasteiger partial charge in [0.2, 0.25) is 5.91 Å². The number of likely N-dealkylation sites (tertiary alicyclic amines) is 1. The average Bonchev–Trinajstić information content (AvgIpc) is 2.55. The Hall–Kier alpha value is -1.33. The number of nitrogens with zero attached hydrogens (tertiary/aromatic N) is 3. The Bertz CT molecular complexity index is 567. The molecule has 126 valence electrons. The molecule has 2 heterocycles. The zero-order valence-corrected chi connectivity index (χ0v) is 14.2. The van der Waals surface area contributed by atoms with Crippen molar-refractivity contribution >= 4 is 23.2 Å². The zero-order valence-electron chi connectivity index (χ0n) is 13.5. The van der Waals surface area contributed by atoms with E-state index in [4.69, 9.17) is 11.6 Å². The van der Waals surface area contributed by atoms with Gasteiger partial charge in [-0.2, -0.15) is 0 Å². The van der Waals surface area contributed by atoms with Crippen LogP contribution in [-0.4, -0.2) is 62.0 Å². The predicted octanol–water partition coefficient (Wildman–Crippen LogP) is 2.47. The third-order valence-electron chi connectivity index (χ3n) is 4.91. The monoisotopic (exact) mass is 339 g/mol. The Morgan fingerprint density at radius 2 is 1.78 bits per heavy atom. The molecule has 2 aliphatic rings. The second-order valence-corrected chi connectivity index (χ2v) is 6.89. The molecule has 0 bridgehead atoms. The second kappa shape index (κ2) is 7.05. The average molecular weight is 340 g/mol. The summed E-state index contributed by atoms with van der Waals surface area (Å²) in [5.41, 5.74) is 0.847. The van der Waals surface area contributed by atoms with Crippen molar-refractivity contribution < 1.29 is 9.18 Å². The number of piperidine rings is 1. The molecule has 1 aromatic carbocycles. The van der Waals surface area contributed by atoms with Crippen LogP contribution in [0.15, 0.2) is 18.2 Å². The maximum Gasteiger partial charge on any atom is 0.225 e. The van der Waals surface area contributed by atoms with Crippen LogP contribution in [0.25, 0.3) is 0 Å².